The van der Waals surface area contributed by atoms with E-state index in [1.807, 2.05) is 0 Å². The second kappa shape index (κ2) is 3.77. The van der Waals surface area contributed by atoms with Crippen molar-refractivity contribution in [3.63, 3.8) is 0 Å². The van der Waals surface area contributed by atoms with Gasteiger partial charge in [0.2, 0.25) is 5.92 Å². The van der Waals surface area contributed by atoms with E-state index in [0.717, 1.165) is 0 Å². The largest absolute Gasteiger partial charge is 0.385 e. The third-order valence-corrected chi connectivity index (χ3v) is 3.18. The highest BCUT2D eigenvalue weighted by molar-refractivity contribution is 5.25. The minimum atomic E-state index is -2.72. The third-order valence-electron chi connectivity index (χ3n) is 3.18. The number of hydrogen-bond donors (Lipinski definition) is 1. The van der Waals surface area contributed by atoms with Crippen molar-refractivity contribution in [2.75, 3.05) is 0 Å². The Kier molecular flexibility index (Phi) is 2.70. The fraction of sp³-hybridized carbons (Fsp3) is 0.500. The molecule has 0 aromatic heterocycles. The summed E-state index contributed by atoms with van der Waals surface area (Å²) in [5, 5.41) is 10.2. The fourth-order valence-electron chi connectivity index (χ4n) is 2.14. The molecule has 0 atom stereocenters. The zero-order chi connectivity index (χ0) is 11.8. The van der Waals surface area contributed by atoms with Crippen LogP contribution in [-0.4, -0.2) is 11.0 Å². The van der Waals surface area contributed by atoms with Gasteiger partial charge in [0.25, 0.3) is 0 Å². The molecule has 1 saturated carbocycles. The van der Waals surface area contributed by atoms with Crippen LogP contribution in [0.5, 0.6) is 0 Å². The minimum absolute atomic E-state index is 0.0963. The van der Waals surface area contributed by atoms with Gasteiger partial charge in [0, 0.05) is 18.4 Å². The molecule has 1 aliphatic carbocycles. The van der Waals surface area contributed by atoms with Crippen LogP contribution in [-0.2, 0) is 5.60 Å². The Balaban J connectivity index is 2.25. The first-order chi connectivity index (χ1) is 7.43. The van der Waals surface area contributed by atoms with E-state index in [1.54, 1.807) is 6.07 Å². The summed E-state index contributed by atoms with van der Waals surface area (Å²) < 4.78 is 39.4. The molecule has 0 saturated heterocycles. The van der Waals surface area contributed by atoms with Crippen LogP contribution < -0.4 is 0 Å². The maximum atomic E-state index is 13.5. The predicted octanol–water partition coefficient (Wildman–Crippen LogP) is 3.22. The molecule has 0 amide bonds. The van der Waals surface area contributed by atoms with Gasteiger partial charge in [-0.1, -0.05) is 18.2 Å². The van der Waals surface area contributed by atoms with Gasteiger partial charge in [-0.2, -0.15) is 0 Å². The van der Waals surface area contributed by atoms with Gasteiger partial charge in [0.1, 0.15) is 5.82 Å². The zero-order valence-corrected chi connectivity index (χ0v) is 8.72. The highest BCUT2D eigenvalue weighted by Gasteiger charge is 2.44. The standard InChI is InChI=1S/C12H13F3O/c13-10-4-2-1-3-9(10)11(16)5-7-12(14,15)8-6-11/h1-4,16H,5-8H2. The molecule has 0 spiro atoms. The van der Waals surface area contributed by atoms with E-state index < -0.39 is 30.2 Å². The number of rotatable bonds is 1. The molecule has 88 valence electrons. The summed E-state index contributed by atoms with van der Waals surface area (Å²) in [6.45, 7) is 0. The Bertz CT molecular complexity index is 380. The highest BCUT2D eigenvalue weighted by atomic mass is 19.3. The average molecular weight is 230 g/mol. The quantitative estimate of drug-likeness (QED) is 0.785. The lowest BCUT2D eigenvalue weighted by molar-refractivity contribution is -0.108. The molecule has 1 aromatic carbocycles. The van der Waals surface area contributed by atoms with Crippen LogP contribution in [0.15, 0.2) is 24.3 Å². The number of benzene rings is 1. The SMILES string of the molecule is OC1(c2ccccc2F)CCC(F)(F)CC1. The molecule has 1 aromatic rings. The maximum absolute atomic E-state index is 13.5. The smallest absolute Gasteiger partial charge is 0.248 e. The van der Waals surface area contributed by atoms with E-state index in [9.17, 15) is 18.3 Å². The molecule has 0 heterocycles. The molecule has 2 rings (SSSR count). The molecule has 0 aliphatic heterocycles. The molecule has 0 unspecified atom stereocenters. The predicted molar refractivity (Wildman–Crippen MR) is 53.7 cm³/mol. The van der Waals surface area contributed by atoms with Gasteiger partial charge in [0.15, 0.2) is 0 Å². The van der Waals surface area contributed by atoms with Gasteiger partial charge in [0.05, 0.1) is 5.60 Å². The monoisotopic (exact) mass is 230 g/mol. The maximum Gasteiger partial charge on any atom is 0.248 e. The van der Waals surface area contributed by atoms with E-state index in [-0.39, 0.29) is 18.4 Å². The van der Waals surface area contributed by atoms with Gasteiger partial charge in [-0.3, -0.25) is 0 Å². The van der Waals surface area contributed by atoms with Crippen molar-refractivity contribution in [3.05, 3.63) is 35.6 Å². The van der Waals surface area contributed by atoms with Gasteiger partial charge in [-0.05, 0) is 18.9 Å². The summed E-state index contributed by atoms with van der Waals surface area (Å²) in [6, 6.07) is 5.81. The lowest BCUT2D eigenvalue weighted by atomic mass is 9.78. The van der Waals surface area contributed by atoms with Crippen LogP contribution in [0.3, 0.4) is 0 Å². The van der Waals surface area contributed by atoms with Crippen LogP contribution in [0, 0.1) is 5.82 Å². The molecule has 1 nitrogen and oxygen atoms in total. The van der Waals surface area contributed by atoms with Crippen LogP contribution >= 0.6 is 0 Å². The van der Waals surface area contributed by atoms with Crippen molar-refractivity contribution in [3.8, 4) is 0 Å². The Morgan fingerprint density at radius 1 is 1.00 bits per heavy atom. The van der Waals surface area contributed by atoms with E-state index in [2.05, 4.69) is 0 Å². The Morgan fingerprint density at radius 3 is 2.12 bits per heavy atom. The van der Waals surface area contributed by atoms with Crippen molar-refractivity contribution in [2.45, 2.75) is 37.2 Å². The van der Waals surface area contributed by atoms with E-state index in [0.29, 0.717) is 0 Å². The van der Waals surface area contributed by atoms with Gasteiger partial charge in [-0.15, -0.1) is 0 Å². The number of halogens is 3. The molecule has 0 radical (unpaired) electrons. The molecule has 1 fully saturated rings. The van der Waals surface area contributed by atoms with E-state index >= 15 is 0 Å². The van der Waals surface area contributed by atoms with Gasteiger partial charge < -0.3 is 5.11 Å². The molecule has 16 heavy (non-hydrogen) atoms. The summed E-state index contributed by atoms with van der Waals surface area (Å²) >= 11 is 0. The van der Waals surface area contributed by atoms with Crippen LogP contribution in [0.25, 0.3) is 0 Å². The highest BCUT2D eigenvalue weighted by Crippen LogP contribution is 2.44. The Hall–Kier alpha value is -1.03. The zero-order valence-electron chi connectivity index (χ0n) is 8.72. The van der Waals surface area contributed by atoms with Crippen LogP contribution in [0.2, 0.25) is 0 Å². The van der Waals surface area contributed by atoms with Gasteiger partial charge >= 0.3 is 0 Å². The minimum Gasteiger partial charge on any atom is -0.385 e. The number of alkyl halides is 2. The summed E-state index contributed by atoms with van der Waals surface area (Å²) in [4.78, 5) is 0. The summed E-state index contributed by atoms with van der Waals surface area (Å²) in [7, 11) is 0. The summed E-state index contributed by atoms with van der Waals surface area (Å²) in [6.07, 6.45) is -0.975. The average Bonchev–Trinajstić information content (AvgIpc) is 2.24. The number of aliphatic hydroxyl groups is 1. The first kappa shape index (κ1) is 11.5. The summed E-state index contributed by atoms with van der Waals surface area (Å²) in [5.41, 5.74) is -1.31. The van der Waals surface area contributed by atoms with Crippen molar-refractivity contribution < 1.29 is 18.3 Å². The van der Waals surface area contributed by atoms with E-state index in [1.165, 1.54) is 18.2 Å². The second-order valence-corrected chi connectivity index (χ2v) is 4.37. The van der Waals surface area contributed by atoms with E-state index in [4.69, 9.17) is 0 Å². The van der Waals surface area contributed by atoms with Gasteiger partial charge in [-0.25, -0.2) is 13.2 Å². The van der Waals surface area contributed by atoms with Crippen LogP contribution in [0.4, 0.5) is 13.2 Å². The first-order valence-electron chi connectivity index (χ1n) is 5.28. The fourth-order valence-corrected chi connectivity index (χ4v) is 2.14. The second-order valence-electron chi connectivity index (χ2n) is 4.37. The topological polar surface area (TPSA) is 20.2 Å². The normalized spacial score (nSPS) is 23.0. The first-order valence-corrected chi connectivity index (χ1v) is 5.28. The van der Waals surface area contributed by atoms with Crippen molar-refractivity contribution >= 4 is 0 Å². The molecule has 1 aliphatic rings. The summed E-state index contributed by atoms with van der Waals surface area (Å²) in [5.74, 6) is -3.26. The van der Waals surface area contributed by atoms with Crippen molar-refractivity contribution in [1.82, 2.24) is 0 Å². The van der Waals surface area contributed by atoms with Crippen LogP contribution in [0.1, 0.15) is 31.2 Å². The molecule has 0 bridgehead atoms. The van der Waals surface area contributed by atoms with Crippen molar-refractivity contribution in [1.29, 1.82) is 0 Å². The Labute approximate surface area is 91.9 Å². The lowest BCUT2D eigenvalue weighted by Crippen LogP contribution is -2.37. The molecule has 1 N–H and O–H groups in total. The molecular formula is C12H13F3O. The number of hydrogen-bond acceptors (Lipinski definition) is 1. The molecule has 4 heteroatoms. The third kappa shape index (κ3) is 2.07. The molecular weight excluding hydrogens is 217 g/mol. The van der Waals surface area contributed by atoms with Crippen molar-refractivity contribution in [2.24, 2.45) is 0 Å². The lowest BCUT2D eigenvalue weighted by Gasteiger charge is -2.36. The Morgan fingerprint density at radius 2 is 1.56 bits per heavy atom.